The topological polar surface area (TPSA) is 64.0 Å². The summed E-state index contributed by atoms with van der Waals surface area (Å²) in [6.45, 7) is 3.68. The molecule has 2 aliphatic rings. The third kappa shape index (κ3) is 3.64. The van der Waals surface area contributed by atoms with Gasteiger partial charge in [0.15, 0.2) is 11.6 Å². The lowest BCUT2D eigenvalue weighted by Crippen LogP contribution is -2.51. The SMILES string of the molecule is O=C(c1ccc(O)c(F)c1)N1CCC(O)(CN2CCCC2)CC1. The predicted molar refractivity (Wildman–Crippen MR) is 83.8 cm³/mol. The first-order valence-electron chi connectivity index (χ1n) is 8.19. The van der Waals surface area contributed by atoms with Crippen LogP contribution in [0.25, 0.3) is 0 Å². The highest BCUT2D eigenvalue weighted by Gasteiger charge is 2.36. The second-order valence-electron chi connectivity index (χ2n) is 6.67. The van der Waals surface area contributed by atoms with Crippen molar-refractivity contribution < 1.29 is 19.4 Å². The lowest BCUT2D eigenvalue weighted by molar-refractivity contribution is -0.0367. The van der Waals surface area contributed by atoms with Gasteiger partial charge in [-0.05, 0) is 57.0 Å². The maximum Gasteiger partial charge on any atom is 0.253 e. The van der Waals surface area contributed by atoms with E-state index in [-0.39, 0.29) is 11.5 Å². The van der Waals surface area contributed by atoms with Gasteiger partial charge in [0.2, 0.25) is 0 Å². The van der Waals surface area contributed by atoms with Crippen molar-refractivity contribution in [3.63, 3.8) is 0 Å². The minimum atomic E-state index is -0.793. The highest BCUT2D eigenvalue weighted by molar-refractivity contribution is 5.94. The third-order valence-corrected chi connectivity index (χ3v) is 4.89. The second kappa shape index (κ2) is 6.45. The van der Waals surface area contributed by atoms with Gasteiger partial charge in [0, 0.05) is 25.2 Å². The number of hydrogen-bond acceptors (Lipinski definition) is 4. The molecule has 0 unspecified atom stereocenters. The second-order valence-corrected chi connectivity index (χ2v) is 6.67. The number of amides is 1. The van der Waals surface area contributed by atoms with Crippen molar-refractivity contribution in [3.8, 4) is 5.75 Å². The van der Waals surface area contributed by atoms with Gasteiger partial charge in [0.05, 0.1) is 5.60 Å². The fourth-order valence-electron chi connectivity index (χ4n) is 3.46. The molecule has 2 N–H and O–H groups in total. The molecule has 1 amide bonds. The van der Waals surface area contributed by atoms with E-state index in [1.165, 1.54) is 25.0 Å². The molecule has 0 aromatic heterocycles. The quantitative estimate of drug-likeness (QED) is 0.887. The summed E-state index contributed by atoms with van der Waals surface area (Å²) in [6.07, 6.45) is 3.45. The number of β-amino-alcohol motifs (C(OH)–C–C–N with tert-alkyl or cyclic N) is 1. The van der Waals surface area contributed by atoms with Crippen LogP contribution in [0.15, 0.2) is 18.2 Å². The van der Waals surface area contributed by atoms with Crippen molar-refractivity contribution >= 4 is 5.91 Å². The number of rotatable bonds is 3. The number of halogens is 1. The molecule has 2 heterocycles. The van der Waals surface area contributed by atoms with Gasteiger partial charge in [0.1, 0.15) is 0 Å². The standard InChI is InChI=1S/C17H23FN2O3/c18-14-11-13(3-4-15(14)21)16(22)20-9-5-17(23,6-10-20)12-19-7-1-2-8-19/h3-4,11,21,23H,1-2,5-10,12H2. The van der Waals surface area contributed by atoms with Crippen molar-refractivity contribution in [1.29, 1.82) is 0 Å². The van der Waals surface area contributed by atoms with Gasteiger partial charge >= 0.3 is 0 Å². The molecule has 0 radical (unpaired) electrons. The van der Waals surface area contributed by atoms with Gasteiger partial charge in [-0.2, -0.15) is 0 Å². The van der Waals surface area contributed by atoms with Gasteiger partial charge < -0.3 is 20.0 Å². The summed E-state index contributed by atoms with van der Waals surface area (Å²) in [5.41, 5.74) is -0.508. The van der Waals surface area contributed by atoms with Gasteiger partial charge in [-0.1, -0.05) is 0 Å². The molecular weight excluding hydrogens is 299 g/mol. The van der Waals surface area contributed by atoms with Crippen LogP contribution in [-0.4, -0.2) is 64.2 Å². The van der Waals surface area contributed by atoms with Crippen LogP contribution in [0, 0.1) is 5.82 Å². The number of nitrogens with zero attached hydrogens (tertiary/aromatic N) is 2. The molecule has 6 heteroatoms. The van der Waals surface area contributed by atoms with Crippen LogP contribution in [0.5, 0.6) is 5.75 Å². The monoisotopic (exact) mass is 322 g/mol. The largest absolute Gasteiger partial charge is 0.505 e. The van der Waals surface area contributed by atoms with Gasteiger partial charge in [-0.25, -0.2) is 4.39 Å². The lowest BCUT2D eigenvalue weighted by Gasteiger charge is -2.40. The minimum Gasteiger partial charge on any atom is -0.505 e. The van der Waals surface area contributed by atoms with Crippen LogP contribution in [0.2, 0.25) is 0 Å². The van der Waals surface area contributed by atoms with Crippen molar-refractivity contribution in [2.24, 2.45) is 0 Å². The van der Waals surface area contributed by atoms with E-state index in [4.69, 9.17) is 0 Å². The fraction of sp³-hybridized carbons (Fsp3) is 0.588. The zero-order chi connectivity index (χ0) is 16.4. The third-order valence-electron chi connectivity index (χ3n) is 4.89. The van der Waals surface area contributed by atoms with E-state index in [1.807, 2.05) is 0 Å². The van der Waals surface area contributed by atoms with E-state index in [0.29, 0.717) is 32.5 Å². The summed E-state index contributed by atoms with van der Waals surface area (Å²) < 4.78 is 13.4. The molecule has 23 heavy (non-hydrogen) atoms. The van der Waals surface area contributed by atoms with E-state index in [9.17, 15) is 19.4 Å². The Bertz CT molecular complexity index is 579. The average Bonchev–Trinajstić information content (AvgIpc) is 3.02. The first-order valence-corrected chi connectivity index (χ1v) is 8.19. The van der Waals surface area contributed by atoms with E-state index in [0.717, 1.165) is 19.2 Å². The fourth-order valence-corrected chi connectivity index (χ4v) is 3.46. The maximum absolute atomic E-state index is 13.4. The molecule has 0 saturated carbocycles. The number of aliphatic hydroxyl groups is 1. The number of carbonyl (C=O) groups is 1. The van der Waals surface area contributed by atoms with Crippen molar-refractivity contribution in [3.05, 3.63) is 29.6 Å². The molecule has 126 valence electrons. The number of piperidine rings is 1. The number of carbonyl (C=O) groups excluding carboxylic acids is 1. The highest BCUT2D eigenvalue weighted by atomic mass is 19.1. The Hall–Kier alpha value is -1.66. The molecule has 2 aliphatic heterocycles. The molecule has 0 atom stereocenters. The summed E-state index contributed by atoms with van der Waals surface area (Å²) in [7, 11) is 0. The van der Waals surface area contributed by atoms with Crippen LogP contribution in [-0.2, 0) is 0 Å². The zero-order valence-electron chi connectivity index (χ0n) is 13.2. The van der Waals surface area contributed by atoms with E-state index >= 15 is 0 Å². The minimum absolute atomic E-state index is 0.227. The molecule has 2 fully saturated rings. The summed E-state index contributed by atoms with van der Waals surface area (Å²) in [6, 6.07) is 3.67. The Balaban J connectivity index is 1.59. The molecule has 5 nitrogen and oxygen atoms in total. The summed E-state index contributed by atoms with van der Waals surface area (Å²) in [4.78, 5) is 16.3. The number of phenolic OH excluding ortho intramolecular Hbond substituents is 1. The summed E-state index contributed by atoms with van der Waals surface area (Å²) in [5.74, 6) is -1.51. The average molecular weight is 322 g/mol. The Morgan fingerprint density at radius 2 is 1.83 bits per heavy atom. The number of phenols is 1. The van der Waals surface area contributed by atoms with Crippen LogP contribution in [0.3, 0.4) is 0 Å². The highest BCUT2D eigenvalue weighted by Crippen LogP contribution is 2.26. The molecule has 1 aromatic carbocycles. The molecule has 3 rings (SSSR count). The van der Waals surface area contributed by atoms with Gasteiger partial charge in [0.25, 0.3) is 5.91 Å². The lowest BCUT2D eigenvalue weighted by atomic mass is 9.90. The first-order chi connectivity index (χ1) is 11.0. The van der Waals surface area contributed by atoms with Crippen LogP contribution in [0.4, 0.5) is 4.39 Å². The molecule has 1 aromatic rings. The predicted octanol–water partition coefficient (Wildman–Crippen LogP) is 1.59. The smallest absolute Gasteiger partial charge is 0.253 e. The molecule has 2 saturated heterocycles. The molecule has 0 bridgehead atoms. The van der Waals surface area contributed by atoms with Crippen molar-refractivity contribution in [2.75, 3.05) is 32.7 Å². The van der Waals surface area contributed by atoms with Gasteiger partial charge in [-0.3, -0.25) is 4.79 Å². The van der Waals surface area contributed by atoms with Crippen molar-refractivity contribution in [1.82, 2.24) is 9.80 Å². The maximum atomic E-state index is 13.4. The Labute approximate surface area is 135 Å². The van der Waals surface area contributed by atoms with E-state index < -0.39 is 17.2 Å². The Morgan fingerprint density at radius 3 is 2.43 bits per heavy atom. The first kappa shape index (κ1) is 16.2. The number of likely N-dealkylation sites (tertiary alicyclic amines) is 2. The Kier molecular flexibility index (Phi) is 4.55. The molecular formula is C17H23FN2O3. The van der Waals surface area contributed by atoms with E-state index in [1.54, 1.807) is 4.90 Å². The normalized spacial score (nSPS) is 21.6. The van der Waals surface area contributed by atoms with Crippen LogP contribution in [0.1, 0.15) is 36.0 Å². The van der Waals surface area contributed by atoms with Crippen LogP contribution < -0.4 is 0 Å². The zero-order valence-corrected chi connectivity index (χ0v) is 13.2. The van der Waals surface area contributed by atoms with Crippen molar-refractivity contribution in [2.45, 2.75) is 31.3 Å². The number of hydrogen-bond donors (Lipinski definition) is 2. The van der Waals surface area contributed by atoms with Crippen LogP contribution >= 0.6 is 0 Å². The molecule has 0 spiro atoms. The number of benzene rings is 1. The number of aromatic hydroxyl groups is 1. The molecule has 0 aliphatic carbocycles. The Morgan fingerprint density at radius 1 is 1.17 bits per heavy atom. The van der Waals surface area contributed by atoms with E-state index in [2.05, 4.69) is 4.90 Å². The summed E-state index contributed by atoms with van der Waals surface area (Å²) >= 11 is 0. The summed E-state index contributed by atoms with van der Waals surface area (Å²) in [5, 5.41) is 19.9. The van der Waals surface area contributed by atoms with Gasteiger partial charge in [-0.15, -0.1) is 0 Å².